The Labute approximate surface area is 112 Å². The van der Waals surface area contributed by atoms with E-state index < -0.39 is 0 Å². The molecule has 5 nitrogen and oxygen atoms in total. The number of hydrogen-bond donors (Lipinski definition) is 2. The fourth-order valence-corrected chi connectivity index (χ4v) is 1.80. The van der Waals surface area contributed by atoms with Crippen LogP contribution >= 0.6 is 0 Å². The third kappa shape index (κ3) is 4.13. The van der Waals surface area contributed by atoms with Crippen LogP contribution in [-0.2, 0) is 13.5 Å². The van der Waals surface area contributed by atoms with Crippen LogP contribution in [0.1, 0.15) is 12.0 Å². The molecule has 100 valence electrons. The molecule has 2 rings (SSSR count). The maximum Gasteiger partial charge on any atom is 0.320 e. The molecule has 19 heavy (non-hydrogen) atoms. The SMILES string of the molecule is Cn1nccc1NC(=O)NCCCc1ccccc1. The van der Waals surface area contributed by atoms with Crippen LogP contribution in [0.15, 0.2) is 42.6 Å². The van der Waals surface area contributed by atoms with E-state index in [-0.39, 0.29) is 6.03 Å². The molecular formula is C14H18N4O. The van der Waals surface area contributed by atoms with Gasteiger partial charge in [-0.25, -0.2) is 4.79 Å². The summed E-state index contributed by atoms with van der Waals surface area (Å²) in [5.41, 5.74) is 1.29. The van der Waals surface area contributed by atoms with E-state index in [0.29, 0.717) is 12.4 Å². The van der Waals surface area contributed by atoms with Gasteiger partial charge in [0.2, 0.25) is 0 Å². The average molecular weight is 258 g/mol. The van der Waals surface area contributed by atoms with Crippen molar-refractivity contribution in [2.24, 2.45) is 7.05 Å². The third-order valence-corrected chi connectivity index (χ3v) is 2.83. The van der Waals surface area contributed by atoms with Gasteiger partial charge in [0, 0.05) is 19.7 Å². The summed E-state index contributed by atoms with van der Waals surface area (Å²) in [5.74, 6) is 0.681. The summed E-state index contributed by atoms with van der Waals surface area (Å²) in [6.45, 7) is 0.651. The Bertz CT molecular complexity index is 521. The maximum absolute atomic E-state index is 11.6. The number of carbonyl (C=O) groups is 1. The Morgan fingerprint density at radius 2 is 2.05 bits per heavy atom. The van der Waals surface area contributed by atoms with Crippen LogP contribution in [0.25, 0.3) is 0 Å². The Hall–Kier alpha value is -2.30. The second kappa shape index (κ2) is 6.58. The Morgan fingerprint density at radius 1 is 1.26 bits per heavy atom. The standard InChI is InChI=1S/C14H18N4O/c1-18-13(9-11-16-18)17-14(19)15-10-5-8-12-6-3-2-4-7-12/h2-4,6-7,9,11H,5,8,10H2,1H3,(H2,15,17,19). The highest BCUT2D eigenvalue weighted by Crippen LogP contribution is 2.03. The molecule has 1 aromatic carbocycles. The lowest BCUT2D eigenvalue weighted by atomic mass is 10.1. The van der Waals surface area contributed by atoms with Gasteiger partial charge in [-0.3, -0.25) is 10.00 Å². The molecule has 0 aliphatic rings. The fraction of sp³-hybridized carbons (Fsp3) is 0.286. The molecule has 0 saturated carbocycles. The highest BCUT2D eigenvalue weighted by molar-refractivity contribution is 5.88. The summed E-state index contributed by atoms with van der Waals surface area (Å²) in [5, 5.41) is 9.55. The van der Waals surface area contributed by atoms with Gasteiger partial charge in [0.1, 0.15) is 5.82 Å². The molecule has 0 spiro atoms. The van der Waals surface area contributed by atoms with Crippen molar-refractivity contribution in [1.82, 2.24) is 15.1 Å². The van der Waals surface area contributed by atoms with Crippen molar-refractivity contribution >= 4 is 11.8 Å². The Balaban J connectivity index is 1.66. The number of carbonyl (C=O) groups excluding carboxylic acids is 1. The molecule has 0 aliphatic carbocycles. The summed E-state index contributed by atoms with van der Waals surface area (Å²) in [6, 6.07) is 11.8. The molecule has 0 fully saturated rings. The Kier molecular flexibility index (Phi) is 4.55. The first-order chi connectivity index (χ1) is 9.25. The summed E-state index contributed by atoms with van der Waals surface area (Å²) in [7, 11) is 1.78. The Morgan fingerprint density at radius 3 is 2.74 bits per heavy atom. The van der Waals surface area contributed by atoms with E-state index in [4.69, 9.17) is 0 Å². The number of nitrogens with one attached hydrogen (secondary N) is 2. The lowest BCUT2D eigenvalue weighted by Gasteiger charge is -2.07. The predicted octanol–water partition coefficient (Wildman–Crippen LogP) is 2.17. The zero-order chi connectivity index (χ0) is 13.5. The molecule has 0 atom stereocenters. The number of anilines is 1. The minimum absolute atomic E-state index is 0.198. The third-order valence-electron chi connectivity index (χ3n) is 2.83. The highest BCUT2D eigenvalue weighted by Gasteiger charge is 2.03. The maximum atomic E-state index is 11.6. The molecule has 1 aromatic heterocycles. The average Bonchev–Trinajstić information content (AvgIpc) is 2.82. The van der Waals surface area contributed by atoms with Gasteiger partial charge in [0.25, 0.3) is 0 Å². The van der Waals surface area contributed by atoms with Crippen molar-refractivity contribution in [2.45, 2.75) is 12.8 Å². The number of urea groups is 1. The van der Waals surface area contributed by atoms with E-state index in [0.717, 1.165) is 12.8 Å². The smallest absolute Gasteiger partial charge is 0.320 e. The van der Waals surface area contributed by atoms with E-state index in [1.165, 1.54) is 5.56 Å². The lowest BCUT2D eigenvalue weighted by molar-refractivity contribution is 0.252. The molecule has 0 bridgehead atoms. The predicted molar refractivity (Wildman–Crippen MR) is 75.0 cm³/mol. The first kappa shape index (κ1) is 13.1. The summed E-state index contributed by atoms with van der Waals surface area (Å²) < 4.78 is 1.61. The largest absolute Gasteiger partial charge is 0.338 e. The normalized spacial score (nSPS) is 10.2. The van der Waals surface area contributed by atoms with Gasteiger partial charge < -0.3 is 5.32 Å². The number of rotatable bonds is 5. The molecule has 0 aliphatic heterocycles. The van der Waals surface area contributed by atoms with Crippen molar-refractivity contribution in [1.29, 1.82) is 0 Å². The number of nitrogens with zero attached hydrogens (tertiary/aromatic N) is 2. The van der Waals surface area contributed by atoms with Gasteiger partial charge in [-0.2, -0.15) is 5.10 Å². The zero-order valence-electron chi connectivity index (χ0n) is 11.0. The van der Waals surface area contributed by atoms with Gasteiger partial charge in [0.05, 0.1) is 6.20 Å². The number of aryl methyl sites for hydroxylation is 2. The number of benzene rings is 1. The molecule has 0 radical (unpaired) electrons. The van der Waals surface area contributed by atoms with Gasteiger partial charge in [0.15, 0.2) is 0 Å². The van der Waals surface area contributed by atoms with Gasteiger partial charge in [-0.15, -0.1) is 0 Å². The fourth-order valence-electron chi connectivity index (χ4n) is 1.80. The van der Waals surface area contributed by atoms with Crippen LogP contribution in [-0.4, -0.2) is 22.4 Å². The van der Waals surface area contributed by atoms with Crippen LogP contribution in [0.2, 0.25) is 0 Å². The molecule has 0 unspecified atom stereocenters. The summed E-state index contributed by atoms with van der Waals surface area (Å²) in [6.07, 6.45) is 3.53. The van der Waals surface area contributed by atoms with E-state index in [2.05, 4.69) is 27.9 Å². The minimum atomic E-state index is -0.198. The number of hydrogen-bond acceptors (Lipinski definition) is 2. The summed E-state index contributed by atoms with van der Waals surface area (Å²) >= 11 is 0. The van der Waals surface area contributed by atoms with E-state index >= 15 is 0 Å². The minimum Gasteiger partial charge on any atom is -0.338 e. The molecule has 5 heteroatoms. The van der Waals surface area contributed by atoms with E-state index in [9.17, 15) is 4.79 Å². The van der Waals surface area contributed by atoms with Gasteiger partial charge in [-0.05, 0) is 18.4 Å². The molecule has 2 amide bonds. The molecule has 2 N–H and O–H groups in total. The van der Waals surface area contributed by atoms with Crippen LogP contribution in [0.3, 0.4) is 0 Å². The van der Waals surface area contributed by atoms with Crippen molar-refractivity contribution in [2.75, 3.05) is 11.9 Å². The summed E-state index contributed by atoms with van der Waals surface area (Å²) in [4.78, 5) is 11.6. The second-order valence-corrected chi connectivity index (χ2v) is 4.31. The quantitative estimate of drug-likeness (QED) is 0.807. The topological polar surface area (TPSA) is 59.0 Å². The van der Waals surface area contributed by atoms with Crippen LogP contribution < -0.4 is 10.6 Å². The van der Waals surface area contributed by atoms with Gasteiger partial charge >= 0.3 is 6.03 Å². The molecular weight excluding hydrogens is 240 g/mol. The lowest BCUT2D eigenvalue weighted by Crippen LogP contribution is -2.30. The second-order valence-electron chi connectivity index (χ2n) is 4.31. The first-order valence-electron chi connectivity index (χ1n) is 6.32. The van der Waals surface area contributed by atoms with E-state index in [1.807, 2.05) is 18.2 Å². The van der Waals surface area contributed by atoms with Crippen molar-refractivity contribution in [3.63, 3.8) is 0 Å². The van der Waals surface area contributed by atoms with Crippen LogP contribution in [0.5, 0.6) is 0 Å². The molecule has 1 heterocycles. The van der Waals surface area contributed by atoms with Crippen molar-refractivity contribution in [3.05, 3.63) is 48.2 Å². The number of amides is 2. The zero-order valence-corrected chi connectivity index (χ0v) is 11.0. The number of aromatic nitrogens is 2. The molecule has 2 aromatic rings. The first-order valence-corrected chi connectivity index (χ1v) is 6.32. The van der Waals surface area contributed by atoms with Gasteiger partial charge in [-0.1, -0.05) is 30.3 Å². The van der Waals surface area contributed by atoms with E-state index in [1.54, 1.807) is 24.0 Å². The highest BCUT2D eigenvalue weighted by atomic mass is 16.2. The monoisotopic (exact) mass is 258 g/mol. The van der Waals surface area contributed by atoms with Crippen molar-refractivity contribution < 1.29 is 4.79 Å². The van der Waals surface area contributed by atoms with Crippen LogP contribution in [0.4, 0.5) is 10.6 Å². The van der Waals surface area contributed by atoms with Crippen molar-refractivity contribution in [3.8, 4) is 0 Å². The molecule has 0 saturated heterocycles. The van der Waals surface area contributed by atoms with Crippen LogP contribution in [0, 0.1) is 0 Å².